The molecule has 3 aromatic carbocycles. The van der Waals surface area contributed by atoms with E-state index >= 15 is 0 Å². The van der Waals surface area contributed by atoms with Crippen LogP contribution in [-0.2, 0) is 10.0 Å². The fraction of sp³-hybridized carbons (Fsp3) is 0.238. The Bertz CT molecular complexity index is 997. The van der Waals surface area contributed by atoms with Crippen LogP contribution in [0.1, 0.15) is 17.2 Å². The van der Waals surface area contributed by atoms with Gasteiger partial charge in [0.2, 0.25) is 10.0 Å². The lowest BCUT2D eigenvalue weighted by molar-refractivity contribution is 0.428. The van der Waals surface area contributed by atoms with E-state index in [1.807, 2.05) is 66.4 Å². The lowest BCUT2D eigenvalue weighted by Gasteiger charge is -2.21. The van der Waals surface area contributed by atoms with E-state index < -0.39 is 10.0 Å². The zero-order chi connectivity index (χ0) is 18.0. The summed E-state index contributed by atoms with van der Waals surface area (Å²) in [5, 5.41) is 2.11. The second-order valence-corrected chi connectivity index (χ2v) is 9.66. The quantitative estimate of drug-likeness (QED) is 0.657. The fourth-order valence-corrected chi connectivity index (χ4v) is 6.50. The van der Waals surface area contributed by atoms with Gasteiger partial charge in [0, 0.05) is 29.5 Å². The van der Waals surface area contributed by atoms with Gasteiger partial charge in [-0.05, 0) is 23.4 Å². The molecule has 0 radical (unpaired) electrons. The average Bonchev–Trinajstić information content (AvgIpc) is 2.95. The summed E-state index contributed by atoms with van der Waals surface area (Å²) in [4.78, 5) is 0.416. The molecule has 0 N–H and O–H groups in total. The Morgan fingerprint density at radius 1 is 0.846 bits per heavy atom. The highest BCUT2D eigenvalue weighted by Gasteiger charge is 2.29. The molecule has 1 atom stereocenters. The molecular weight excluding hydrogens is 362 g/mol. The monoisotopic (exact) mass is 383 g/mol. The number of sulfonamides is 1. The van der Waals surface area contributed by atoms with Crippen molar-refractivity contribution in [3.63, 3.8) is 0 Å². The first-order valence-electron chi connectivity index (χ1n) is 8.81. The van der Waals surface area contributed by atoms with Crippen molar-refractivity contribution in [1.82, 2.24) is 4.31 Å². The summed E-state index contributed by atoms with van der Waals surface area (Å²) in [6.45, 7) is 1.11. The first-order valence-corrected chi connectivity index (χ1v) is 11.3. The first kappa shape index (κ1) is 17.6. The van der Waals surface area contributed by atoms with Gasteiger partial charge in [0.1, 0.15) is 0 Å². The summed E-state index contributed by atoms with van der Waals surface area (Å²) in [6, 6.07) is 23.6. The summed E-state index contributed by atoms with van der Waals surface area (Å²) < 4.78 is 28.3. The number of thioether (sulfide) groups is 1. The molecular formula is C21H21NO2S2. The Labute approximate surface area is 159 Å². The topological polar surface area (TPSA) is 37.4 Å². The molecule has 0 bridgehead atoms. The maximum absolute atomic E-state index is 13.3. The third-order valence-corrected chi connectivity index (χ3v) is 8.12. The minimum atomic E-state index is -3.50. The lowest BCUT2D eigenvalue weighted by atomic mass is 10.1. The molecule has 1 heterocycles. The van der Waals surface area contributed by atoms with Crippen LogP contribution in [0.5, 0.6) is 0 Å². The maximum atomic E-state index is 13.3. The SMILES string of the molecule is O=S(=O)(c1cccc2ccccc12)N1CCSC(c2ccccc2)CC1. The lowest BCUT2D eigenvalue weighted by Crippen LogP contribution is -2.33. The molecule has 1 fully saturated rings. The van der Waals surface area contributed by atoms with Crippen LogP contribution in [0.25, 0.3) is 10.8 Å². The van der Waals surface area contributed by atoms with Crippen LogP contribution in [0.2, 0.25) is 0 Å². The highest BCUT2D eigenvalue weighted by atomic mass is 32.2. The van der Waals surface area contributed by atoms with Crippen molar-refractivity contribution in [2.45, 2.75) is 16.6 Å². The van der Waals surface area contributed by atoms with E-state index in [0.717, 1.165) is 22.9 Å². The minimum absolute atomic E-state index is 0.351. The van der Waals surface area contributed by atoms with Crippen molar-refractivity contribution in [3.05, 3.63) is 78.4 Å². The summed E-state index contributed by atoms with van der Waals surface area (Å²) in [6.07, 6.45) is 0.832. The number of rotatable bonds is 3. The molecule has 1 aliphatic heterocycles. The van der Waals surface area contributed by atoms with Gasteiger partial charge < -0.3 is 0 Å². The van der Waals surface area contributed by atoms with E-state index in [0.29, 0.717) is 23.2 Å². The summed E-state index contributed by atoms with van der Waals surface area (Å²) in [5.41, 5.74) is 1.28. The predicted molar refractivity (Wildman–Crippen MR) is 109 cm³/mol. The third-order valence-electron chi connectivity index (χ3n) is 4.84. The summed E-state index contributed by atoms with van der Waals surface area (Å²) >= 11 is 1.85. The van der Waals surface area contributed by atoms with E-state index in [4.69, 9.17) is 0 Å². The van der Waals surface area contributed by atoms with Crippen LogP contribution in [0.3, 0.4) is 0 Å². The van der Waals surface area contributed by atoms with Gasteiger partial charge in [0.15, 0.2) is 0 Å². The molecule has 3 aromatic rings. The van der Waals surface area contributed by atoms with Gasteiger partial charge in [0.25, 0.3) is 0 Å². The van der Waals surface area contributed by atoms with E-state index in [-0.39, 0.29) is 0 Å². The van der Waals surface area contributed by atoms with Gasteiger partial charge in [-0.2, -0.15) is 16.1 Å². The van der Waals surface area contributed by atoms with Crippen LogP contribution >= 0.6 is 11.8 Å². The van der Waals surface area contributed by atoms with Gasteiger partial charge >= 0.3 is 0 Å². The van der Waals surface area contributed by atoms with Crippen molar-refractivity contribution in [1.29, 1.82) is 0 Å². The Balaban J connectivity index is 1.62. The highest BCUT2D eigenvalue weighted by Crippen LogP contribution is 2.36. The number of hydrogen-bond acceptors (Lipinski definition) is 3. The molecule has 5 heteroatoms. The predicted octanol–water partition coefficient (Wildman–Crippen LogP) is 4.71. The molecule has 0 aromatic heterocycles. The maximum Gasteiger partial charge on any atom is 0.243 e. The van der Waals surface area contributed by atoms with Gasteiger partial charge in [-0.25, -0.2) is 8.42 Å². The molecule has 1 saturated heterocycles. The molecule has 0 amide bonds. The zero-order valence-electron chi connectivity index (χ0n) is 14.4. The van der Waals surface area contributed by atoms with Crippen LogP contribution < -0.4 is 0 Å². The highest BCUT2D eigenvalue weighted by molar-refractivity contribution is 7.99. The Kier molecular flexibility index (Phi) is 5.02. The van der Waals surface area contributed by atoms with Crippen LogP contribution in [0, 0.1) is 0 Å². The number of fused-ring (bicyclic) bond motifs is 1. The third kappa shape index (κ3) is 3.39. The van der Waals surface area contributed by atoms with Gasteiger partial charge in [-0.1, -0.05) is 66.7 Å². The molecule has 0 spiro atoms. The van der Waals surface area contributed by atoms with Gasteiger partial charge in [0.05, 0.1) is 4.90 Å². The van der Waals surface area contributed by atoms with Crippen molar-refractivity contribution in [2.24, 2.45) is 0 Å². The van der Waals surface area contributed by atoms with Gasteiger partial charge in [-0.3, -0.25) is 0 Å². The smallest absolute Gasteiger partial charge is 0.207 e. The standard InChI is InChI=1S/C21H21NO2S2/c23-26(24,21-12-6-10-17-7-4-5-11-19(17)21)22-14-13-20(25-16-15-22)18-8-2-1-3-9-18/h1-12,20H,13-16H2. The van der Waals surface area contributed by atoms with Crippen LogP contribution in [0.15, 0.2) is 77.7 Å². The van der Waals surface area contributed by atoms with E-state index in [1.54, 1.807) is 10.4 Å². The number of hydrogen-bond donors (Lipinski definition) is 0. The van der Waals surface area contributed by atoms with Crippen LogP contribution in [0.4, 0.5) is 0 Å². The molecule has 134 valence electrons. The Morgan fingerprint density at radius 3 is 2.42 bits per heavy atom. The number of benzene rings is 3. The van der Waals surface area contributed by atoms with Crippen molar-refractivity contribution in [2.75, 3.05) is 18.8 Å². The first-order chi connectivity index (χ1) is 12.7. The molecule has 4 rings (SSSR count). The molecule has 3 nitrogen and oxygen atoms in total. The summed E-state index contributed by atoms with van der Waals surface area (Å²) in [5.74, 6) is 0.809. The van der Waals surface area contributed by atoms with Crippen molar-refractivity contribution in [3.8, 4) is 0 Å². The molecule has 26 heavy (non-hydrogen) atoms. The fourth-order valence-electron chi connectivity index (χ4n) is 3.48. The van der Waals surface area contributed by atoms with Crippen LogP contribution in [-0.4, -0.2) is 31.6 Å². The number of nitrogens with zero attached hydrogens (tertiary/aromatic N) is 1. The van der Waals surface area contributed by atoms with E-state index in [1.165, 1.54) is 5.56 Å². The zero-order valence-corrected chi connectivity index (χ0v) is 16.0. The Hall–Kier alpha value is -1.82. The minimum Gasteiger partial charge on any atom is -0.207 e. The van der Waals surface area contributed by atoms with E-state index in [9.17, 15) is 8.42 Å². The molecule has 0 aliphatic carbocycles. The van der Waals surface area contributed by atoms with Crippen molar-refractivity contribution >= 4 is 32.6 Å². The summed E-state index contributed by atoms with van der Waals surface area (Å²) in [7, 11) is -3.50. The average molecular weight is 384 g/mol. The molecule has 1 unspecified atom stereocenters. The van der Waals surface area contributed by atoms with Gasteiger partial charge in [-0.15, -0.1) is 0 Å². The Morgan fingerprint density at radius 2 is 1.58 bits per heavy atom. The van der Waals surface area contributed by atoms with Crippen molar-refractivity contribution < 1.29 is 8.42 Å². The second-order valence-electron chi connectivity index (χ2n) is 6.44. The second kappa shape index (κ2) is 7.43. The molecule has 0 saturated carbocycles. The molecule has 1 aliphatic rings. The van der Waals surface area contributed by atoms with E-state index in [2.05, 4.69) is 12.1 Å². The normalized spacial score (nSPS) is 19.3. The largest absolute Gasteiger partial charge is 0.243 e.